The predicted octanol–water partition coefficient (Wildman–Crippen LogP) is 7.52. The van der Waals surface area contributed by atoms with Gasteiger partial charge < -0.3 is 29.6 Å². The van der Waals surface area contributed by atoms with Gasteiger partial charge in [-0.15, -0.1) is 0 Å². The summed E-state index contributed by atoms with van der Waals surface area (Å²) in [6, 6.07) is 12.3. The molecule has 0 spiro atoms. The Hall–Kier alpha value is -6.05. The van der Waals surface area contributed by atoms with Crippen LogP contribution in [0.1, 0.15) is 115 Å². The van der Waals surface area contributed by atoms with E-state index in [1.165, 1.54) is 25.3 Å². The average molecular weight is 770 g/mol. The first-order valence-electron chi connectivity index (χ1n) is 18.9. The number of benzene rings is 2. The van der Waals surface area contributed by atoms with E-state index in [0.717, 1.165) is 44.9 Å². The van der Waals surface area contributed by atoms with Crippen LogP contribution < -0.4 is 20.7 Å². The van der Waals surface area contributed by atoms with Gasteiger partial charge in [-0.3, -0.25) is 25.1 Å². The van der Waals surface area contributed by atoms with Crippen molar-refractivity contribution in [1.82, 2.24) is 15.6 Å². The number of carbonyl (C=O) groups is 5. The van der Waals surface area contributed by atoms with Crippen molar-refractivity contribution in [2.24, 2.45) is 11.8 Å². The van der Waals surface area contributed by atoms with Gasteiger partial charge in [0.2, 0.25) is 6.79 Å². The van der Waals surface area contributed by atoms with Crippen molar-refractivity contribution in [2.45, 2.75) is 72.1 Å². The number of pyridine rings is 1. The number of nitrogens with one attached hydrogen (secondary N) is 4. The van der Waals surface area contributed by atoms with E-state index in [9.17, 15) is 24.0 Å². The van der Waals surface area contributed by atoms with Gasteiger partial charge in [0, 0.05) is 46.5 Å². The van der Waals surface area contributed by atoms with Crippen LogP contribution in [0.2, 0.25) is 0 Å². The largest absolute Gasteiger partial charge is 0.496 e. The molecule has 1 atom stereocenters. The second-order valence-corrected chi connectivity index (χ2v) is 13.6. The quantitative estimate of drug-likeness (QED) is 0.0293. The van der Waals surface area contributed by atoms with Crippen LogP contribution in [-0.2, 0) is 19.0 Å². The lowest BCUT2D eigenvalue weighted by atomic mass is 9.94. The summed E-state index contributed by atoms with van der Waals surface area (Å²) in [5.74, 6) is -1.93. The lowest BCUT2D eigenvalue weighted by Crippen LogP contribution is -2.31. The molecule has 1 unspecified atom stereocenters. The third-order valence-electron chi connectivity index (χ3n) is 9.21. The minimum atomic E-state index is -0.988. The van der Waals surface area contributed by atoms with Gasteiger partial charge in [-0.1, -0.05) is 59.1 Å². The molecule has 4 N–H and O–H groups in total. The summed E-state index contributed by atoms with van der Waals surface area (Å²) in [6.45, 7) is 9.84. The van der Waals surface area contributed by atoms with Gasteiger partial charge >= 0.3 is 18.0 Å². The van der Waals surface area contributed by atoms with Crippen molar-refractivity contribution in [3.8, 4) is 16.9 Å². The molecule has 0 radical (unpaired) electrons. The second kappa shape index (κ2) is 21.1. The Morgan fingerprint density at radius 2 is 1.70 bits per heavy atom. The normalized spacial score (nSPS) is 12.4. The zero-order chi connectivity index (χ0) is 40.6. The lowest BCUT2D eigenvalue weighted by molar-refractivity contribution is -0.153. The molecule has 14 nitrogen and oxygen atoms in total. The highest BCUT2D eigenvalue weighted by Gasteiger charge is 2.27. The van der Waals surface area contributed by atoms with Crippen molar-refractivity contribution >= 4 is 47.4 Å². The van der Waals surface area contributed by atoms with Crippen LogP contribution in [0.5, 0.6) is 5.75 Å². The number of methoxy groups -OCH3 is 1. The van der Waals surface area contributed by atoms with Gasteiger partial charge in [-0.05, 0) is 79.6 Å². The monoisotopic (exact) mass is 769 g/mol. The van der Waals surface area contributed by atoms with Crippen molar-refractivity contribution in [3.05, 3.63) is 83.2 Å². The number of unbranched alkanes of at least 4 members (excludes halogenated alkanes) is 3. The Morgan fingerprint density at radius 1 is 0.946 bits per heavy atom. The number of anilines is 1. The number of hydrogen-bond donors (Lipinski definition) is 4. The summed E-state index contributed by atoms with van der Waals surface area (Å²) in [6.07, 6.45) is 7.57. The summed E-state index contributed by atoms with van der Waals surface area (Å²) >= 11 is 0. The maximum absolute atomic E-state index is 14.0. The van der Waals surface area contributed by atoms with Gasteiger partial charge in [0.25, 0.3) is 11.8 Å². The van der Waals surface area contributed by atoms with Gasteiger partial charge in [0.05, 0.1) is 13.7 Å². The van der Waals surface area contributed by atoms with Crippen LogP contribution in [0.15, 0.2) is 55.1 Å². The van der Waals surface area contributed by atoms with E-state index in [-0.39, 0.29) is 52.9 Å². The van der Waals surface area contributed by atoms with Crippen molar-refractivity contribution in [1.29, 1.82) is 5.41 Å². The standard InChI is InChI=1S/C42H51N5O9/c1-6-9-10-11-20-54-42(52)47-38(43)29-14-16-30(17-15-29)45-39(49)33-22-28(8-3)35(53-5)23-32(33)31-18-19-34(40(50)44-24-27-12-13-27)46-37(31)41(51)56-25-55-36(48)21-26(4)7-2/h8,14-19,22-23,26-27H,3,6-7,9-13,20-21,24-25H2,1-2,4-5H3,(H,44,50)(H,45,49)(H2,43,47,52). The molecule has 3 aromatic rings. The molecule has 1 saturated carbocycles. The van der Waals surface area contributed by atoms with Gasteiger partial charge in [-0.25, -0.2) is 14.6 Å². The molecule has 1 aliphatic rings. The van der Waals surface area contributed by atoms with Gasteiger partial charge in [-0.2, -0.15) is 0 Å². The first kappa shape index (κ1) is 42.7. The highest BCUT2D eigenvalue weighted by Crippen LogP contribution is 2.35. The van der Waals surface area contributed by atoms with Crippen molar-refractivity contribution in [3.63, 3.8) is 0 Å². The molecule has 298 valence electrons. The van der Waals surface area contributed by atoms with Gasteiger partial charge in [0.1, 0.15) is 17.3 Å². The molecule has 1 aromatic heterocycles. The van der Waals surface area contributed by atoms with Crippen LogP contribution in [0, 0.1) is 17.2 Å². The zero-order valence-electron chi connectivity index (χ0n) is 32.5. The minimum Gasteiger partial charge on any atom is -0.496 e. The number of carbonyl (C=O) groups excluding carboxylic acids is 5. The number of aromatic nitrogens is 1. The fraction of sp³-hybridized carbons (Fsp3) is 0.405. The Balaban J connectivity index is 1.60. The molecule has 3 amide bonds. The Bertz CT molecular complexity index is 1910. The van der Waals surface area contributed by atoms with Crippen LogP contribution in [-0.4, -0.2) is 67.7 Å². The molecule has 0 saturated heterocycles. The number of rotatable bonds is 20. The van der Waals surface area contributed by atoms with Crippen LogP contribution in [0.3, 0.4) is 0 Å². The maximum Gasteiger partial charge on any atom is 0.412 e. The molecule has 2 aromatic carbocycles. The summed E-state index contributed by atoms with van der Waals surface area (Å²) < 4.78 is 21.2. The van der Waals surface area contributed by atoms with Crippen LogP contribution >= 0.6 is 0 Å². The molecule has 56 heavy (non-hydrogen) atoms. The molecule has 4 rings (SSSR count). The molecule has 1 aliphatic carbocycles. The maximum atomic E-state index is 14.0. The highest BCUT2D eigenvalue weighted by molar-refractivity contribution is 6.11. The Kier molecular flexibility index (Phi) is 16.1. The second-order valence-electron chi connectivity index (χ2n) is 13.6. The first-order chi connectivity index (χ1) is 27.0. The third-order valence-corrected chi connectivity index (χ3v) is 9.21. The molecular weight excluding hydrogens is 718 g/mol. The molecule has 0 aliphatic heterocycles. The minimum absolute atomic E-state index is 0.0452. The molecule has 1 fully saturated rings. The van der Waals surface area contributed by atoms with E-state index in [1.54, 1.807) is 36.4 Å². The van der Waals surface area contributed by atoms with Crippen molar-refractivity contribution < 1.29 is 42.9 Å². The number of alkyl carbamates (subject to hydrolysis) is 1. The number of amidine groups is 1. The van der Waals surface area contributed by atoms with E-state index >= 15 is 0 Å². The smallest absolute Gasteiger partial charge is 0.412 e. The molecule has 1 heterocycles. The van der Waals surface area contributed by atoms with Crippen LogP contribution in [0.25, 0.3) is 17.2 Å². The van der Waals surface area contributed by atoms with E-state index < -0.39 is 36.6 Å². The number of esters is 2. The first-order valence-corrected chi connectivity index (χ1v) is 18.9. The van der Waals surface area contributed by atoms with Gasteiger partial charge in [0.15, 0.2) is 5.69 Å². The van der Waals surface area contributed by atoms with E-state index in [0.29, 0.717) is 35.0 Å². The van der Waals surface area contributed by atoms with Crippen LogP contribution in [0.4, 0.5) is 10.5 Å². The number of nitrogens with zero attached hydrogens (tertiary/aromatic N) is 1. The summed E-state index contributed by atoms with van der Waals surface area (Å²) in [5.41, 5.74) is 1.36. The molecule has 14 heteroatoms. The number of amides is 3. The average Bonchev–Trinajstić information content (AvgIpc) is 4.04. The third kappa shape index (κ3) is 12.5. The summed E-state index contributed by atoms with van der Waals surface area (Å²) in [4.78, 5) is 69.5. The van der Waals surface area contributed by atoms with E-state index in [2.05, 4.69) is 34.4 Å². The zero-order valence-corrected chi connectivity index (χ0v) is 32.5. The fourth-order valence-electron chi connectivity index (χ4n) is 5.48. The predicted molar refractivity (Wildman–Crippen MR) is 212 cm³/mol. The highest BCUT2D eigenvalue weighted by atomic mass is 16.7. The topological polar surface area (TPSA) is 195 Å². The molecular formula is C42H51N5O9. The fourth-order valence-corrected chi connectivity index (χ4v) is 5.48. The van der Waals surface area contributed by atoms with Crippen molar-refractivity contribution in [2.75, 3.05) is 32.4 Å². The lowest BCUT2D eigenvalue weighted by Gasteiger charge is -2.17. The number of ether oxygens (including phenoxy) is 4. The Labute approximate surface area is 327 Å². The summed E-state index contributed by atoms with van der Waals surface area (Å²) in [7, 11) is 1.45. The molecule has 0 bridgehead atoms. The SMILES string of the molecule is C=Cc1cc(C(=O)Nc2ccc(C(=N)NC(=O)OCCCCCC)cc2)c(-c2ccc(C(=O)NCC3CC3)nc2C(=O)OCOC(=O)CC(C)CC)cc1OC. The Morgan fingerprint density at radius 3 is 2.36 bits per heavy atom. The number of hydrogen-bond acceptors (Lipinski definition) is 11. The van der Waals surface area contributed by atoms with E-state index in [1.807, 2.05) is 13.8 Å². The van der Waals surface area contributed by atoms with E-state index in [4.69, 9.17) is 24.4 Å². The summed E-state index contributed by atoms with van der Waals surface area (Å²) in [5, 5.41) is 16.4.